The molecule has 2 aromatic carbocycles. The Hall–Kier alpha value is -2.06. The quantitative estimate of drug-likeness (QED) is 0.402. The number of aromatic amines is 1. The average molecular weight is 427 g/mol. The lowest BCUT2D eigenvalue weighted by Crippen LogP contribution is -2.48. The van der Waals surface area contributed by atoms with Crippen molar-refractivity contribution in [2.75, 3.05) is 6.54 Å². The zero-order valence-electron chi connectivity index (χ0n) is 19.8. The highest BCUT2D eigenvalue weighted by atomic mass is 14.7. The molecule has 1 heterocycles. The van der Waals surface area contributed by atoms with Crippen LogP contribution in [0.1, 0.15) is 73.6 Å². The number of benzene rings is 2. The second-order valence-corrected chi connectivity index (χ2v) is 11.5. The first kappa shape index (κ1) is 20.5. The van der Waals surface area contributed by atoms with Crippen molar-refractivity contribution < 1.29 is 0 Å². The zero-order chi connectivity index (χ0) is 21.9. The fourth-order valence-corrected chi connectivity index (χ4v) is 8.07. The van der Waals surface area contributed by atoms with E-state index in [1.54, 1.807) is 5.56 Å². The summed E-state index contributed by atoms with van der Waals surface area (Å²) in [6.45, 7) is 5.21. The van der Waals surface area contributed by atoms with Crippen LogP contribution in [0, 0.1) is 31.6 Å². The molecular weight excluding hydrogens is 388 g/mol. The molecule has 4 aliphatic carbocycles. The lowest BCUT2D eigenvalue weighted by molar-refractivity contribution is -0.00513. The molecule has 0 amide bonds. The first-order valence-corrected chi connectivity index (χ1v) is 13.0. The predicted molar refractivity (Wildman–Crippen MR) is 135 cm³/mol. The SMILES string of the molecule is Cc1ccc(-c2[nH]c3ccc(C45CC6CC(CC(C6)C4)C5)cc3c2CCCCN)c(C)c1. The van der Waals surface area contributed by atoms with E-state index in [-0.39, 0.29) is 0 Å². The van der Waals surface area contributed by atoms with Crippen LogP contribution in [0.2, 0.25) is 0 Å². The van der Waals surface area contributed by atoms with Crippen LogP contribution in [0.4, 0.5) is 0 Å². The molecule has 0 spiro atoms. The van der Waals surface area contributed by atoms with Crippen LogP contribution in [0.25, 0.3) is 22.2 Å². The van der Waals surface area contributed by atoms with Crippen molar-refractivity contribution in [3.63, 3.8) is 0 Å². The van der Waals surface area contributed by atoms with Crippen LogP contribution in [0.5, 0.6) is 0 Å². The van der Waals surface area contributed by atoms with E-state index in [2.05, 4.69) is 55.2 Å². The molecule has 0 atom stereocenters. The maximum atomic E-state index is 5.86. The first-order chi connectivity index (χ1) is 15.5. The first-order valence-electron chi connectivity index (χ1n) is 13.0. The Kier molecular flexibility index (Phi) is 4.98. The Balaban J connectivity index is 1.46. The average Bonchev–Trinajstić information content (AvgIpc) is 3.10. The van der Waals surface area contributed by atoms with Gasteiger partial charge in [0.25, 0.3) is 0 Å². The largest absolute Gasteiger partial charge is 0.354 e. The van der Waals surface area contributed by atoms with Gasteiger partial charge in [0.15, 0.2) is 0 Å². The fraction of sp³-hybridized carbons (Fsp3) is 0.533. The third-order valence-electron chi connectivity index (χ3n) is 9.09. The van der Waals surface area contributed by atoms with Crippen LogP contribution in [0.3, 0.4) is 0 Å². The lowest BCUT2D eigenvalue weighted by Gasteiger charge is -2.57. The Morgan fingerprint density at radius 2 is 1.62 bits per heavy atom. The predicted octanol–water partition coefficient (Wildman–Crippen LogP) is 7.20. The molecule has 2 heteroatoms. The Morgan fingerprint density at radius 3 is 2.28 bits per heavy atom. The number of nitrogens with one attached hydrogen (secondary N) is 1. The van der Waals surface area contributed by atoms with E-state index in [9.17, 15) is 0 Å². The summed E-state index contributed by atoms with van der Waals surface area (Å²) in [5.74, 6) is 2.95. The summed E-state index contributed by atoms with van der Waals surface area (Å²) in [6, 6.07) is 14.3. The van der Waals surface area contributed by atoms with Gasteiger partial charge in [0.05, 0.1) is 0 Å². The number of fused-ring (bicyclic) bond motifs is 1. The van der Waals surface area contributed by atoms with E-state index in [0.29, 0.717) is 5.41 Å². The normalized spacial score (nSPS) is 28.7. The number of aromatic nitrogens is 1. The number of H-pyrrole nitrogens is 1. The summed E-state index contributed by atoms with van der Waals surface area (Å²) in [5.41, 5.74) is 16.1. The van der Waals surface area contributed by atoms with Crippen molar-refractivity contribution >= 4 is 10.9 Å². The maximum absolute atomic E-state index is 5.86. The second-order valence-electron chi connectivity index (χ2n) is 11.5. The smallest absolute Gasteiger partial charge is 0.0500 e. The van der Waals surface area contributed by atoms with E-state index in [1.807, 2.05) is 0 Å². The molecule has 0 radical (unpaired) electrons. The minimum absolute atomic E-state index is 0.453. The van der Waals surface area contributed by atoms with Gasteiger partial charge >= 0.3 is 0 Å². The van der Waals surface area contributed by atoms with Gasteiger partial charge in [-0.15, -0.1) is 0 Å². The number of unbranched alkanes of at least 4 members (excludes halogenated alkanes) is 1. The van der Waals surface area contributed by atoms with Crippen LogP contribution in [-0.2, 0) is 11.8 Å². The molecule has 4 fully saturated rings. The lowest BCUT2D eigenvalue weighted by atomic mass is 9.48. The van der Waals surface area contributed by atoms with Gasteiger partial charge in [0.2, 0.25) is 0 Å². The van der Waals surface area contributed by atoms with Gasteiger partial charge in [0, 0.05) is 22.2 Å². The van der Waals surface area contributed by atoms with Crippen molar-refractivity contribution in [1.82, 2.24) is 4.98 Å². The summed E-state index contributed by atoms with van der Waals surface area (Å²) in [6.07, 6.45) is 12.2. The van der Waals surface area contributed by atoms with Gasteiger partial charge < -0.3 is 10.7 Å². The highest BCUT2D eigenvalue weighted by molar-refractivity contribution is 5.92. The molecule has 0 saturated heterocycles. The van der Waals surface area contributed by atoms with Gasteiger partial charge in [0.1, 0.15) is 0 Å². The third-order valence-corrected chi connectivity index (χ3v) is 9.09. The van der Waals surface area contributed by atoms with E-state index in [1.165, 1.54) is 77.4 Å². The Morgan fingerprint density at radius 1 is 0.906 bits per heavy atom. The second kappa shape index (κ2) is 7.76. The standard InChI is InChI=1S/C30H38N2/c1-19-6-8-25(20(2)11-19)29-26(5-3-4-10-31)27-15-24(7-9-28(27)32-29)30-16-21-12-22(17-30)14-23(13-21)18-30/h6-9,11,15,21-23,32H,3-5,10,12-14,16-18,31H2,1-2H3. The van der Waals surface area contributed by atoms with Crippen LogP contribution >= 0.6 is 0 Å². The molecule has 0 unspecified atom stereocenters. The van der Waals surface area contributed by atoms with Crippen LogP contribution in [0.15, 0.2) is 36.4 Å². The molecule has 4 saturated carbocycles. The molecule has 4 bridgehead atoms. The number of hydrogen-bond acceptors (Lipinski definition) is 1. The van der Waals surface area contributed by atoms with Crippen LogP contribution in [-0.4, -0.2) is 11.5 Å². The van der Waals surface area contributed by atoms with Crippen molar-refractivity contribution in [2.45, 2.75) is 77.0 Å². The molecule has 1 aromatic heterocycles. The number of rotatable bonds is 6. The van der Waals surface area contributed by atoms with Gasteiger partial charge in [-0.1, -0.05) is 29.8 Å². The number of hydrogen-bond donors (Lipinski definition) is 2. The molecule has 0 aliphatic heterocycles. The molecule has 3 N–H and O–H groups in total. The zero-order valence-corrected chi connectivity index (χ0v) is 19.8. The van der Waals surface area contributed by atoms with Crippen molar-refractivity contribution in [3.8, 4) is 11.3 Å². The summed E-state index contributed by atoms with van der Waals surface area (Å²) in [4.78, 5) is 3.84. The molecule has 32 heavy (non-hydrogen) atoms. The van der Waals surface area contributed by atoms with E-state index in [0.717, 1.165) is 43.6 Å². The van der Waals surface area contributed by atoms with Gasteiger partial charge in [-0.25, -0.2) is 0 Å². The molecular formula is C30H38N2. The molecule has 4 aliphatic rings. The van der Waals surface area contributed by atoms with Gasteiger partial charge in [-0.05, 0) is 130 Å². The number of aryl methyl sites for hydroxylation is 3. The highest BCUT2D eigenvalue weighted by Crippen LogP contribution is 2.61. The third kappa shape index (κ3) is 3.34. The molecule has 2 nitrogen and oxygen atoms in total. The fourth-order valence-electron chi connectivity index (χ4n) is 8.07. The highest BCUT2D eigenvalue weighted by Gasteiger charge is 2.51. The van der Waals surface area contributed by atoms with E-state index in [4.69, 9.17) is 5.73 Å². The number of nitrogens with two attached hydrogens (primary N) is 1. The van der Waals surface area contributed by atoms with E-state index >= 15 is 0 Å². The Labute approximate surface area is 193 Å². The minimum Gasteiger partial charge on any atom is -0.354 e. The Bertz CT molecular complexity index is 1120. The summed E-state index contributed by atoms with van der Waals surface area (Å²) >= 11 is 0. The monoisotopic (exact) mass is 426 g/mol. The summed E-state index contributed by atoms with van der Waals surface area (Å²) in [5, 5.41) is 1.46. The van der Waals surface area contributed by atoms with E-state index < -0.39 is 0 Å². The molecule has 3 aromatic rings. The summed E-state index contributed by atoms with van der Waals surface area (Å²) < 4.78 is 0. The maximum Gasteiger partial charge on any atom is 0.0500 e. The van der Waals surface area contributed by atoms with Crippen molar-refractivity contribution in [1.29, 1.82) is 0 Å². The van der Waals surface area contributed by atoms with Crippen molar-refractivity contribution in [3.05, 3.63) is 58.7 Å². The molecule has 7 rings (SSSR count). The van der Waals surface area contributed by atoms with Crippen LogP contribution < -0.4 is 5.73 Å². The summed E-state index contributed by atoms with van der Waals surface area (Å²) in [7, 11) is 0. The molecule has 168 valence electrons. The minimum atomic E-state index is 0.453. The van der Waals surface area contributed by atoms with Gasteiger partial charge in [-0.3, -0.25) is 0 Å². The topological polar surface area (TPSA) is 41.8 Å². The van der Waals surface area contributed by atoms with Crippen molar-refractivity contribution in [2.24, 2.45) is 23.5 Å². The van der Waals surface area contributed by atoms with Gasteiger partial charge in [-0.2, -0.15) is 0 Å².